The van der Waals surface area contributed by atoms with Crippen molar-refractivity contribution in [3.05, 3.63) is 34.4 Å². The second-order valence-corrected chi connectivity index (χ2v) is 11.2. The molecule has 0 bridgehead atoms. The molecule has 0 fully saturated rings. The van der Waals surface area contributed by atoms with Crippen molar-refractivity contribution in [3.8, 4) is 0 Å². The number of rotatable bonds is 13. The first-order valence-electron chi connectivity index (χ1n) is 9.11. The standard InChI is InChI=1S/C17H27BrNO8PS/c1-13(2)25-28(22,26-14(3)4)17(7-5-6-12-18)27-29(23,24)16-10-8-15(9-11-16)19(20)21/h8-11,13-14,17H,5-7,12H2,1-4H3/t17-/m0/s1. The van der Waals surface area contributed by atoms with E-state index in [2.05, 4.69) is 15.9 Å². The van der Waals surface area contributed by atoms with Crippen LogP contribution >= 0.6 is 23.5 Å². The maximum Gasteiger partial charge on any atom is 0.361 e. The zero-order valence-electron chi connectivity index (χ0n) is 16.8. The minimum Gasteiger partial charge on any atom is -0.304 e. The molecule has 0 aliphatic heterocycles. The molecule has 1 rings (SSSR count). The molecule has 0 spiro atoms. The Bertz CT molecular complexity index is 799. The van der Waals surface area contributed by atoms with Crippen LogP contribution in [0.2, 0.25) is 0 Å². The number of non-ortho nitro benzene ring substituents is 1. The number of unbranched alkanes of at least 4 members (excludes halogenated alkanes) is 1. The van der Waals surface area contributed by atoms with Gasteiger partial charge >= 0.3 is 7.60 Å². The lowest BCUT2D eigenvalue weighted by Gasteiger charge is -2.29. The Morgan fingerprint density at radius 2 is 1.59 bits per heavy atom. The fraction of sp³-hybridized carbons (Fsp3) is 0.647. The van der Waals surface area contributed by atoms with Crippen molar-refractivity contribution in [3.63, 3.8) is 0 Å². The van der Waals surface area contributed by atoms with Crippen LogP contribution in [0.25, 0.3) is 0 Å². The zero-order chi connectivity index (χ0) is 22.2. The van der Waals surface area contributed by atoms with Crippen molar-refractivity contribution >= 4 is 39.3 Å². The summed E-state index contributed by atoms with van der Waals surface area (Å²) in [6, 6.07) is 4.26. The van der Waals surface area contributed by atoms with E-state index in [9.17, 15) is 23.1 Å². The first-order chi connectivity index (χ1) is 13.4. The van der Waals surface area contributed by atoms with Gasteiger partial charge in [-0.3, -0.25) is 18.9 Å². The Hall–Kier alpha value is -0.840. The monoisotopic (exact) mass is 515 g/mol. The Morgan fingerprint density at radius 3 is 2.00 bits per heavy atom. The lowest BCUT2D eigenvalue weighted by Crippen LogP contribution is -2.24. The van der Waals surface area contributed by atoms with E-state index in [4.69, 9.17) is 13.2 Å². The molecule has 0 N–H and O–H groups in total. The summed E-state index contributed by atoms with van der Waals surface area (Å²) in [6.45, 7) is 6.65. The summed E-state index contributed by atoms with van der Waals surface area (Å²) in [5, 5.41) is 11.5. The number of nitrogens with zero attached hydrogens (tertiary/aromatic N) is 1. The number of benzene rings is 1. The van der Waals surface area contributed by atoms with Gasteiger partial charge in [-0.25, -0.2) is 0 Å². The van der Waals surface area contributed by atoms with Crippen molar-refractivity contribution in [2.45, 2.75) is 69.9 Å². The van der Waals surface area contributed by atoms with Crippen LogP contribution in [0.3, 0.4) is 0 Å². The van der Waals surface area contributed by atoms with Gasteiger partial charge in [0.25, 0.3) is 15.8 Å². The van der Waals surface area contributed by atoms with E-state index >= 15 is 0 Å². The summed E-state index contributed by atoms with van der Waals surface area (Å²) in [5.74, 6) is -1.34. The quantitative estimate of drug-likeness (QED) is 0.0872. The molecule has 9 nitrogen and oxygen atoms in total. The van der Waals surface area contributed by atoms with Gasteiger partial charge in [0.2, 0.25) is 0 Å². The first-order valence-corrected chi connectivity index (χ1v) is 13.3. The van der Waals surface area contributed by atoms with E-state index in [1.807, 2.05) is 0 Å². The van der Waals surface area contributed by atoms with Gasteiger partial charge in [0.1, 0.15) is 0 Å². The topological polar surface area (TPSA) is 122 Å². The fourth-order valence-corrected chi connectivity index (χ4v) is 6.48. The van der Waals surface area contributed by atoms with Gasteiger partial charge in [0.05, 0.1) is 22.0 Å². The van der Waals surface area contributed by atoms with Crippen LogP contribution in [0.5, 0.6) is 0 Å². The number of halogens is 1. The first kappa shape index (κ1) is 26.2. The average molecular weight is 516 g/mol. The number of nitro benzene ring substituents is 1. The number of hydrogen-bond donors (Lipinski definition) is 0. The Kier molecular flexibility index (Phi) is 10.4. The van der Waals surface area contributed by atoms with Crippen LogP contribution in [0, 0.1) is 10.1 Å². The van der Waals surface area contributed by atoms with Gasteiger partial charge in [0, 0.05) is 17.5 Å². The summed E-state index contributed by atoms with van der Waals surface area (Å²) >= 11 is 3.30. The summed E-state index contributed by atoms with van der Waals surface area (Å²) in [7, 11) is -8.31. The largest absolute Gasteiger partial charge is 0.361 e. The zero-order valence-corrected chi connectivity index (χ0v) is 20.1. The third kappa shape index (κ3) is 8.43. The lowest BCUT2D eigenvalue weighted by molar-refractivity contribution is -0.384. The highest BCUT2D eigenvalue weighted by molar-refractivity contribution is 9.09. The normalized spacial score (nSPS) is 13.8. The molecule has 1 aromatic rings. The summed E-state index contributed by atoms with van der Waals surface area (Å²) < 4.78 is 55.3. The van der Waals surface area contributed by atoms with Gasteiger partial charge in [-0.05, 0) is 59.1 Å². The molecular formula is C17H27BrNO8PS. The number of nitro groups is 1. The van der Waals surface area contributed by atoms with Crippen LogP contribution in [-0.4, -0.2) is 36.7 Å². The van der Waals surface area contributed by atoms with Gasteiger partial charge in [-0.15, -0.1) is 0 Å². The number of hydrogen-bond acceptors (Lipinski definition) is 8. The van der Waals surface area contributed by atoms with Crippen LogP contribution in [-0.2, 0) is 27.9 Å². The van der Waals surface area contributed by atoms with E-state index in [1.165, 1.54) is 0 Å². The molecule has 1 aromatic carbocycles. The van der Waals surface area contributed by atoms with Gasteiger partial charge in [-0.2, -0.15) is 8.42 Å². The molecule has 0 saturated carbocycles. The minimum atomic E-state index is -4.36. The fourth-order valence-electron chi connectivity index (χ4n) is 2.36. The highest BCUT2D eigenvalue weighted by Gasteiger charge is 2.42. The molecule has 29 heavy (non-hydrogen) atoms. The smallest absolute Gasteiger partial charge is 0.304 e. The van der Waals surface area contributed by atoms with Crippen LogP contribution in [0.15, 0.2) is 29.2 Å². The van der Waals surface area contributed by atoms with Gasteiger partial charge in [0.15, 0.2) is 5.85 Å². The molecule has 1 atom stereocenters. The second kappa shape index (κ2) is 11.5. The maximum absolute atomic E-state index is 13.4. The van der Waals surface area contributed by atoms with E-state index in [0.29, 0.717) is 18.2 Å². The SMILES string of the molecule is CC(C)OP(=O)(OC(C)C)[C@@H](CCCCBr)OS(=O)(=O)c1ccc([N+](=O)[O-])cc1. The highest BCUT2D eigenvalue weighted by Crippen LogP contribution is 2.57. The third-order valence-corrected chi connectivity index (χ3v) is 8.02. The van der Waals surface area contributed by atoms with E-state index in [0.717, 1.165) is 24.3 Å². The molecule has 0 saturated heterocycles. The van der Waals surface area contributed by atoms with Crippen molar-refractivity contribution in [2.24, 2.45) is 0 Å². The highest BCUT2D eigenvalue weighted by atomic mass is 79.9. The molecule has 0 radical (unpaired) electrons. The Labute approximate surface area is 180 Å². The predicted octanol–water partition coefficient (Wildman–Crippen LogP) is 5.23. The molecule has 0 aliphatic carbocycles. The second-order valence-electron chi connectivity index (χ2n) is 6.79. The molecule has 0 heterocycles. The van der Waals surface area contributed by atoms with Crippen LogP contribution in [0.4, 0.5) is 5.69 Å². The van der Waals surface area contributed by atoms with Crippen molar-refractivity contribution in [1.29, 1.82) is 0 Å². The van der Waals surface area contributed by atoms with E-state index in [1.54, 1.807) is 27.7 Å². The summed E-state index contributed by atoms with van der Waals surface area (Å²) in [5.41, 5.74) is -0.255. The summed E-state index contributed by atoms with van der Waals surface area (Å²) in [4.78, 5) is 9.85. The third-order valence-electron chi connectivity index (χ3n) is 3.48. The summed E-state index contributed by atoms with van der Waals surface area (Å²) in [6.07, 6.45) is 0.404. The van der Waals surface area contributed by atoms with Crippen LogP contribution < -0.4 is 0 Å². The Balaban J connectivity index is 3.23. The molecule has 0 amide bonds. The van der Waals surface area contributed by atoms with Crippen molar-refractivity contribution in [1.82, 2.24) is 0 Å². The van der Waals surface area contributed by atoms with Gasteiger partial charge < -0.3 is 9.05 Å². The molecule has 0 aliphatic rings. The molecule has 0 unspecified atom stereocenters. The molecular weight excluding hydrogens is 489 g/mol. The average Bonchev–Trinajstić information content (AvgIpc) is 2.59. The van der Waals surface area contributed by atoms with Crippen molar-refractivity contribution < 1.29 is 31.1 Å². The maximum atomic E-state index is 13.4. The molecule has 12 heteroatoms. The van der Waals surface area contributed by atoms with E-state index in [-0.39, 0.29) is 17.0 Å². The van der Waals surface area contributed by atoms with Crippen LogP contribution in [0.1, 0.15) is 47.0 Å². The lowest BCUT2D eigenvalue weighted by atomic mass is 10.3. The predicted molar refractivity (Wildman–Crippen MR) is 113 cm³/mol. The Morgan fingerprint density at radius 1 is 1.07 bits per heavy atom. The minimum absolute atomic E-state index is 0.133. The van der Waals surface area contributed by atoms with Gasteiger partial charge in [-0.1, -0.05) is 15.9 Å². The van der Waals surface area contributed by atoms with Crippen molar-refractivity contribution in [2.75, 3.05) is 5.33 Å². The van der Waals surface area contributed by atoms with E-state index < -0.39 is 40.7 Å². The molecule has 0 aromatic heterocycles. The number of alkyl halides is 1. The molecule has 166 valence electrons.